The summed E-state index contributed by atoms with van der Waals surface area (Å²) < 4.78 is 6.89. The number of unbranched alkanes of at least 4 members (excludes halogenated alkanes) is 9. The van der Waals surface area contributed by atoms with Crippen LogP contribution in [0.1, 0.15) is 110 Å². The van der Waals surface area contributed by atoms with Crippen LogP contribution in [0.2, 0.25) is 5.02 Å². The minimum Gasteiger partial charge on any atom is -0.466 e. The number of hydrogen-bond acceptors (Lipinski definition) is 5. The van der Waals surface area contributed by atoms with E-state index in [-0.39, 0.29) is 30.4 Å². The van der Waals surface area contributed by atoms with Crippen molar-refractivity contribution < 1.29 is 14.3 Å². The van der Waals surface area contributed by atoms with Gasteiger partial charge in [0.1, 0.15) is 5.02 Å². The molecule has 2 amide bonds. The molecular weight excluding hydrogens is 552 g/mol. The number of urea groups is 1. The van der Waals surface area contributed by atoms with Crippen LogP contribution in [-0.2, 0) is 14.9 Å². The smallest absolute Gasteiger partial charge is 0.321 e. The quantitative estimate of drug-likeness (QED) is 0.127. The van der Waals surface area contributed by atoms with Gasteiger partial charge in [0.05, 0.1) is 18.7 Å². The molecule has 2 heterocycles. The lowest BCUT2D eigenvalue weighted by molar-refractivity contribution is -0.143. The van der Waals surface area contributed by atoms with E-state index in [0.717, 1.165) is 29.7 Å². The van der Waals surface area contributed by atoms with Crippen LogP contribution in [0.25, 0.3) is 17.0 Å². The van der Waals surface area contributed by atoms with E-state index in [9.17, 15) is 9.59 Å². The van der Waals surface area contributed by atoms with Gasteiger partial charge in [-0.25, -0.2) is 4.79 Å². The van der Waals surface area contributed by atoms with Gasteiger partial charge in [-0.2, -0.15) is 5.10 Å². The number of ether oxygens (including phenoxy) is 1. The first kappa shape index (κ1) is 33.4. The van der Waals surface area contributed by atoms with Crippen molar-refractivity contribution in [1.29, 1.82) is 0 Å². The number of anilines is 1. The lowest BCUT2D eigenvalue weighted by Gasteiger charge is -2.18. The van der Waals surface area contributed by atoms with Gasteiger partial charge in [-0.1, -0.05) is 97.1 Å². The molecule has 0 aliphatic carbocycles. The summed E-state index contributed by atoms with van der Waals surface area (Å²) in [6.07, 6.45) is 12.6. The van der Waals surface area contributed by atoms with Gasteiger partial charge in [0.25, 0.3) is 0 Å². The average Bonchev–Trinajstić information content (AvgIpc) is 3.49. The predicted octanol–water partition coefficient (Wildman–Crippen LogP) is 8.30. The number of rotatable bonds is 16. The number of nitrogens with zero attached hydrogens (tertiary/aromatic N) is 4. The molecule has 1 aromatic carbocycles. The number of nitrogens with one attached hydrogen (secondary N) is 2. The summed E-state index contributed by atoms with van der Waals surface area (Å²) in [6, 6.07) is 5.31. The number of H-pyrrole nitrogens is 1. The Kier molecular flexibility index (Phi) is 12.7. The topological polar surface area (TPSA) is 105 Å². The third kappa shape index (κ3) is 9.75. The zero-order chi connectivity index (χ0) is 30.7. The number of amides is 2. The Hall–Kier alpha value is -3.07. The summed E-state index contributed by atoms with van der Waals surface area (Å²) in [6.45, 7) is 11.1. The Bertz CT molecular complexity index is 1310. The molecule has 0 bridgehead atoms. The van der Waals surface area contributed by atoms with Crippen molar-refractivity contribution in [1.82, 2.24) is 24.7 Å². The Morgan fingerprint density at radius 3 is 2.26 bits per heavy atom. The first-order valence-corrected chi connectivity index (χ1v) is 15.8. The second-order valence-electron chi connectivity index (χ2n) is 12.3. The number of carbonyl (C=O) groups is 2. The third-order valence-electron chi connectivity index (χ3n) is 7.44. The fourth-order valence-electron chi connectivity index (χ4n) is 4.83. The number of halogens is 1. The maximum Gasteiger partial charge on any atom is 0.321 e. The molecule has 0 fully saturated rings. The molecule has 2 aromatic heterocycles. The Balaban J connectivity index is 1.38. The highest BCUT2D eigenvalue weighted by molar-refractivity contribution is 6.34. The Morgan fingerprint density at radius 1 is 1.02 bits per heavy atom. The van der Waals surface area contributed by atoms with Crippen molar-refractivity contribution in [3.63, 3.8) is 0 Å². The first-order chi connectivity index (χ1) is 20.0. The SMILES string of the molecule is CCCCCCCCCCCCOC(=O)CCN(C)C(=O)Nc1ccc(-c2nn3nc(C(C)(C)C)c(Cl)c3[nH]2)c(C)c1. The highest BCUT2D eigenvalue weighted by Crippen LogP contribution is 2.32. The summed E-state index contributed by atoms with van der Waals surface area (Å²) >= 11 is 6.57. The van der Waals surface area contributed by atoms with Crippen molar-refractivity contribution in [2.45, 2.75) is 111 Å². The lowest BCUT2D eigenvalue weighted by Crippen LogP contribution is -2.33. The average molecular weight is 601 g/mol. The van der Waals surface area contributed by atoms with Gasteiger partial charge in [-0.15, -0.1) is 9.73 Å². The van der Waals surface area contributed by atoms with E-state index in [1.165, 1.54) is 60.9 Å². The van der Waals surface area contributed by atoms with Gasteiger partial charge >= 0.3 is 12.0 Å². The van der Waals surface area contributed by atoms with Crippen LogP contribution < -0.4 is 5.32 Å². The molecule has 0 spiro atoms. The maximum absolute atomic E-state index is 12.7. The molecule has 0 atom stereocenters. The van der Waals surface area contributed by atoms with Gasteiger partial charge in [-0.05, 0) is 37.1 Å². The van der Waals surface area contributed by atoms with Gasteiger partial charge in [0.15, 0.2) is 11.5 Å². The molecule has 9 nitrogen and oxygen atoms in total. The molecule has 0 saturated carbocycles. The standard InChI is InChI=1S/C32H49ClN6O3/c1-7-8-9-10-11-12-13-14-15-16-21-42-26(40)19-20-38(6)31(41)34-24-17-18-25(23(2)22-24)29-35-30-27(33)28(32(3,4)5)36-39(30)37-29/h17-18,22H,7-16,19-21H2,1-6H3,(H,34,41)(H,35,37). The predicted molar refractivity (Wildman–Crippen MR) is 170 cm³/mol. The fraction of sp³-hybridized carbons (Fsp3) is 0.625. The Labute approximate surface area is 255 Å². The van der Waals surface area contributed by atoms with Crippen LogP contribution in [0.3, 0.4) is 0 Å². The number of esters is 1. The lowest BCUT2D eigenvalue weighted by atomic mass is 9.92. The number of aromatic amines is 1. The van der Waals surface area contributed by atoms with E-state index < -0.39 is 0 Å². The van der Waals surface area contributed by atoms with Crippen molar-refractivity contribution in [2.75, 3.05) is 25.5 Å². The highest BCUT2D eigenvalue weighted by Gasteiger charge is 2.25. The molecule has 0 saturated heterocycles. The zero-order valence-corrected chi connectivity index (χ0v) is 27.1. The number of benzene rings is 1. The van der Waals surface area contributed by atoms with Gasteiger partial charge in [0.2, 0.25) is 0 Å². The normalized spacial score (nSPS) is 11.7. The zero-order valence-electron chi connectivity index (χ0n) is 26.3. The highest BCUT2D eigenvalue weighted by atomic mass is 35.5. The number of aromatic nitrogens is 4. The summed E-state index contributed by atoms with van der Waals surface area (Å²) in [5.74, 6) is 0.369. The largest absolute Gasteiger partial charge is 0.466 e. The maximum atomic E-state index is 12.7. The number of aryl methyl sites for hydroxylation is 1. The molecule has 42 heavy (non-hydrogen) atoms. The molecule has 3 aromatic rings. The van der Waals surface area contributed by atoms with E-state index in [1.54, 1.807) is 7.05 Å². The number of hydrogen-bond donors (Lipinski definition) is 2. The summed E-state index contributed by atoms with van der Waals surface area (Å²) in [5, 5.41) is 12.6. The molecule has 0 aliphatic heterocycles. The van der Waals surface area contributed by atoms with Crippen LogP contribution in [0, 0.1) is 6.92 Å². The molecule has 2 N–H and O–H groups in total. The van der Waals surface area contributed by atoms with Gasteiger partial charge < -0.3 is 19.9 Å². The van der Waals surface area contributed by atoms with Crippen molar-refractivity contribution in [2.24, 2.45) is 0 Å². The van der Waals surface area contributed by atoms with Gasteiger partial charge in [0, 0.05) is 30.3 Å². The van der Waals surface area contributed by atoms with Crippen LogP contribution in [0.15, 0.2) is 18.2 Å². The molecule has 0 aliphatic rings. The Morgan fingerprint density at radius 2 is 1.67 bits per heavy atom. The summed E-state index contributed by atoms with van der Waals surface area (Å²) in [7, 11) is 1.67. The molecular formula is C32H49ClN6O3. The second-order valence-corrected chi connectivity index (χ2v) is 12.6. The van der Waals surface area contributed by atoms with Crippen molar-refractivity contribution >= 4 is 34.9 Å². The van der Waals surface area contributed by atoms with Crippen LogP contribution in [0.5, 0.6) is 0 Å². The van der Waals surface area contributed by atoms with E-state index >= 15 is 0 Å². The first-order valence-electron chi connectivity index (χ1n) is 15.4. The van der Waals surface area contributed by atoms with Crippen molar-refractivity contribution in [3.05, 3.63) is 34.5 Å². The molecule has 10 heteroatoms. The molecule has 0 radical (unpaired) electrons. The van der Waals surface area contributed by atoms with Crippen LogP contribution in [0.4, 0.5) is 10.5 Å². The van der Waals surface area contributed by atoms with Gasteiger partial charge in [-0.3, -0.25) is 4.79 Å². The minimum absolute atomic E-state index is 0.166. The fourth-order valence-corrected chi connectivity index (χ4v) is 5.28. The molecule has 232 valence electrons. The summed E-state index contributed by atoms with van der Waals surface area (Å²) in [5.41, 5.74) is 3.70. The molecule has 0 unspecified atom stereocenters. The van der Waals surface area contributed by atoms with Crippen LogP contribution >= 0.6 is 11.6 Å². The van der Waals surface area contributed by atoms with E-state index in [4.69, 9.17) is 16.3 Å². The number of fused-ring (bicyclic) bond motifs is 1. The van der Waals surface area contributed by atoms with Crippen molar-refractivity contribution in [3.8, 4) is 11.4 Å². The third-order valence-corrected chi connectivity index (χ3v) is 7.80. The molecule has 3 rings (SSSR count). The monoisotopic (exact) mass is 600 g/mol. The number of carbonyl (C=O) groups excluding carboxylic acids is 2. The summed E-state index contributed by atoms with van der Waals surface area (Å²) in [4.78, 5) is 29.6. The van der Waals surface area contributed by atoms with E-state index in [0.29, 0.717) is 28.8 Å². The van der Waals surface area contributed by atoms with Crippen LogP contribution in [-0.4, -0.2) is 56.9 Å². The van der Waals surface area contributed by atoms with E-state index in [2.05, 4.69) is 48.2 Å². The second kappa shape index (κ2) is 16.0. The minimum atomic E-state index is -0.289. The van der Waals surface area contributed by atoms with E-state index in [1.807, 2.05) is 25.1 Å².